The highest BCUT2D eigenvalue weighted by atomic mass is 16.3. The minimum Gasteiger partial charge on any atom is -0.467 e. The van der Waals surface area contributed by atoms with Crippen LogP contribution in [0.15, 0.2) is 22.8 Å². The van der Waals surface area contributed by atoms with Crippen molar-refractivity contribution < 1.29 is 14.0 Å². The zero-order valence-electron chi connectivity index (χ0n) is 9.45. The van der Waals surface area contributed by atoms with Crippen LogP contribution in [-0.2, 0) is 16.1 Å². The summed E-state index contributed by atoms with van der Waals surface area (Å²) >= 11 is 0. The van der Waals surface area contributed by atoms with Crippen molar-refractivity contribution in [1.29, 1.82) is 0 Å². The lowest BCUT2D eigenvalue weighted by Crippen LogP contribution is -2.43. The number of carbonyl (C=O) groups excluding carboxylic acids is 2. The minimum atomic E-state index is -0.642. The van der Waals surface area contributed by atoms with Gasteiger partial charge in [0.1, 0.15) is 5.76 Å². The Morgan fingerprint density at radius 2 is 2.19 bits per heavy atom. The molecule has 0 saturated heterocycles. The van der Waals surface area contributed by atoms with Crippen LogP contribution >= 0.6 is 0 Å². The lowest BCUT2D eigenvalue weighted by atomic mass is 10.2. The van der Waals surface area contributed by atoms with E-state index in [1.807, 2.05) is 13.8 Å². The summed E-state index contributed by atoms with van der Waals surface area (Å²) in [6.45, 7) is 4.00. The average molecular weight is 224 g/mol. The maximum Gasteiger partial charge on any atom is 0.309 e. The smallest absolute Gasteiger partial charge is 0.309 e. The molecule has 1 heterocycles. The number of carbonyl (C=O) groups is 2. The monoisotopic (exact) mass is 224 g/mol. The average Bonchev–Trinajstić information content (AvgIpc) is 2.78. The first-order valence-electron chi connectivity index (χ1n) is 5.24. The summed E-state index contributed by atoms with van der Waals surface area (Å²) in [4.78, 5) is 22.6. The molecule has 1 aromatic rings. The Balaban J connectivity index is 2.32. The molecule has 88 valence electrons. The van der Waals surface area contributed by atoms with E-state index in [1.165, 1.54) is 6.26 Å². The van der Waals surface area contributed by atoms with E-state index >= 15 is 0 Å². The molecular weight excluding hydrogens is 208 g/mol. The summed E-state index contributed by atoms with van der Waals surface area (Å²) < 4.78 is 5.02. The van der Waals surface area contributed by atoms with Gasteiger partial charge in [0.2, 0.25) is 0 Å². The second-order valence-electron chi connectivity index (χ2n) is 3.54. The van der Waals surface area contributed by atoms with E-state index in [0.717, 1.165) is 6.42 Å². The molecule has 0 saturated carbocycles. The van der Waals surface area contributed by atoms with E-state index < -0.39 is 11.8 Å². The molecule has 2 amide bonds. The van der Waals surface area contributed by atoms with Crippen LogP contribution in [0.25, 0.3) is 0 Å². The molecule has 0 spiro atoms. The summed E-state index contributed by atoms with van der Waals surface area (Å²) in [6, 6.07) is 3.45. The van der Waals surface area contributed by atoms with Crippen LogP contribution in [0.3, 0.4) is 0 Å². The quantitative estimate of drug-likeness (QED) is 0.743. The Hall–Kier alpha value is -1.78. The number of rotatable bonds is 4. The maximum atomic E-state index is 11.3. The summed E-state index contributed by atoms with van der Waals surface area (Å²) in [5.74, 6) is -0.637. The highest BCUT2D eigenvalue weighted by Crippen LogP contribution is 1.98. The molecule has 1 rings (SSSR count). The molecule has 0 fully saturated rings. The van der Waals surface area contributed by atoms with Crippen LogP contribution in [-0.4, -0.2) is 17.9 Å². The lowest BCUT2D eigenvalue weighted by Gasteiger charge is -2.10. The fourth-order valence-electron chi connectivity index (χ4n) is 1.05. The first-order chi connectivity index (χ1) is 7.63. The third kappa shape index (κ3) is 3.76. The van der Waals surface area contributed by atoms with Gasteiger partial charge in [-0.3, -0.25) is 9.59 Å². The first kappa shape index (κ1) is 12.3. The number of amides is 2. The summed E-state index contributed by atoms with van der Waals surface area (Å²) in [7, 11) is 0. The zero-order chi connectivity index (χ0) is 12.0. The van der Waals surface area contributed by atoms with Crippen molar-refractivity contribution in [3.05, 3.63) is 24.2 Å². The van der Waals surface area contributed by atoms with Crippen molar-refractivity contribution in [2.24, 2.45) is 0 Å². The normalized spacial score (nSPS) is 11.9. The molecule has 2 N–H and O–H groups in total. The first-order valence-corrected chi connectivity index (χ1v) is 5.24. The van der Waals surface area contributed by atoms with Crippen LogP contribution in [0.5, 0.6) is 0 Å². The Labute approximate surface area is 94.2 Å². The van der Waals surface area contributed by atoms with Crippen molar-refractivity contribution in [2.75, 3.05) is 0 Å². The fraction of sp³-hybridized carbons (Fsp3) is 0.455. The fourth-order valence-corrected chi connectivity index (χ4v) is 1.05. The Morgan fingerprint density at radius 3 is 2.75 bits per heavy atom. The summed E-state index contributed by atoms with van der Waals surface area (Å²) in [6.07, 6.45) is 2.30. The molecule has 1 atom stereocenters. The van der Waals surface area contributed by atoms with Gasteiger partial charge < -0.3 is 15.1 Å². The zero-order valence-corrected chi connectivity index (χ0v) is 9.45. The Kier molecular flexibility index (Phi) is 4.57. The van der Waals surface area contributed by atoms with Crippen LogP contribution in [0.2, 0.25) is 0 Å². The van der Waals surface area contributed by atoms with Gasteiger partial charge in [0.05, 0.1) is 12.8 Å². The Morgan fingerprint density at radius 1 is 1.44 bits per heavy atom. The number of furan rings is 1. The molecular formula is C11H16N2O3. The standard InChI is InChI=1S/C11H16N2O3/c1-3-8(2)13-11(15)10(14)12-7-9-5-4-6-16-9/h4-6,8H,3,7H2,1-2H3,(H,12,14)(H,13,15)/t8-/m0/s1. The predicted octanol–water partition coefficient (Wildman–Crippen LogP) is 0.810. The molecule has 5 heteroatoms. The second-order valence-corrected chi connectivity index (χ2v) is 3.54. The summed E-state index contributed by atoms with van der Waals surface area (Å²) in [5.41, 5.74) is 0. The van der Waals surface area contributed by atoms with Crippen molar-refractivity contribution in [1.82, 2.24) is 10.6 Å². The van der Waals surface area contributed by atoms with E-state index in [0.29, 0.717) is 5.76 Å². The SMILES string of the molecule is CC[C@H](C)NC(=O)C(=O)NCc1ccco1. The van der Waals surface area contributed by atoms with Gasteiger partial charge >= 0.3 is 11.8 Å². The van der Waals surface area contributed by atoms with Gasteiger partial charge in [0.15, 0.2) is 0 Å². The number of hydrogen-bond donors (Lipinski definition) is 2. The molecule has 5 nitrogen and oxygen atoms in total. The molecule has 0 bridgehead atoms. The number of nitrogens with one attached hydrogen (secondary N) is 2. The summed E-state index contributed by atoms with van der Waals surface area (Å²) in [5, 5.41) is 5.05. The van der Waals surface area contributed by atoms with Crippen molar-refractivity contribution in [3.63, 3.8) is 0 Å². The molecule has 0 aliphatic carbocycles. The van der Waals surface area contributed by atoms with Crippen LogP contribution < -0.4 is 10.6 Å². The molecule has 0 radical (unpaired) electrons. The lowest BCUT2D eigenvalue weighted by molar-refractivity contribution is -0.139. The van der Waals surface area contributed by atoms with Gasteiger partial charge in [-0.15, -0.1) is 0 Å². The van der Waals surface area contributed by atoms with Crippen molar-refractivity contribution >= 4 is 11.8 Å². The molecule has 0 aliphatic heterocycles. The van der Waals surface area contributed by atoms with E-state index in [-0.39, 0.29) is 12.6 Å². The van der Waals surface area contributed by atoms with Crippen molar-refractivity contribution in [3.8, 4) is 0 Å². The third-order valence-electron chi connectivity index (χ3n) is 2.20. The molecule has 1 aromatic heterocycles. The largest absolute Gasteiger partial charge is 0.467 e. The Bertz CT molecular complexity index is 346. The van der Waals surface area contributed by atoms with E-state index in [1.54, 1.807) is 12.1 Å². The van der Waals surface area contributed by atoms with Crippen molar-refractivity contribution in [2.45, 2.75) is 32.9 Å². The van der Waals surface area contributed by atoms with Gasteiger partial charge in [-0.25, -0.2) is 0 Å². The highest BCUT2D eigenvalue weighted by molar-refractivity contribution is 6.35. The van der Waals surface area contributed by atoms with Gasteiger partial charge in [0, 0.05) is 6.04 Å². The van der Waals surface area contributed by atoms with E-state index in [4.69, 9.17) is 4.42 Å². The van der Waals surface area contributed by atoms with Crippen LogP contribution in [0, 0.1) is 0 Å². The molecule has 0 unspecified atom stereocenters. The van der Waals surface area contributed by atoms with Gasteiger partial charge in [-0.05, 0) is 25.5 Å². The minimum absolute atomic E-state index is 0.00172. The number of hydrogen-bond acceptors (Lipinski definition) is 3. The molecule has 16 heavy (non-hydrogen) atoms. The molecule has 0 aromatic carbocycles. The molecule has 0 aliphatic rings. The van der Waals surface area contributed by atoms with Crippen LogP contribution in [0.1, 0.15) is 26.0 Å². The van der Waals surface area contributed by atoms with Gasteiger partial charge in [0.25, 0.3) is 0 Å². The second kappa shape index (κ2) is 5.95. The van der Waals surface area contributed by atoms with Gasteiger partial charge in [-0.1, -0.05) is 6.92 Å². The third-order valence-corrected chi connectivity index (χ3v) is 2.20. The topological polar surface area (TPSA) is 71.3 Å². The van der Waals surface area contributed by atoms with E-state index in [2.05, 4.69) is 10.6 Å². The maximum absolute atomic E-state index is 11.3. The van der Waals surface area contributed by atoms with Gasteiger partial charge in [-0.2, -0.15) is 0 Å². The van der Waals surface area contributed by atoms with E-state index in [9.17, 15) is 9.59 Å². The highest BCUT2D eigenvalue weighted by Gasteiger charge is 2.14. The predicted molar refractivity (Wildman–Crippen MR) is 58.5 cm³/mol. The van der Waals surface area contributed by atoms with Crippen LogP contribution in [0.4, 0.5) is 0 Å².